The first-order chi connectivity index (χ1) is 15.1. The topological polar surface area (TPSA) is 148 Å². The zero-order chi connectivity index (χ0) is 23.9. The number of anilines is 1. The summed E-state index contributed by atoms with van der Waals surface area (Å²) in [6, 6.07) is 9.65. The SMILES string of the molecule is CCCCNc1cc(C(=O)O)cc(S(=O)(=O)NC(=O)[C@@H](N)C(C)C)c1Oc1ccccc1. The molecule has 1 amide bonds. The Morgan fingerprint density at radius 3 is 2.38 bits per heavy atom. The minimum absolute atomic E-state index is 0.115. The van der Waals surface area contributed by atoms with E-state index >= 15 is 0 Å². The predicted octanol–water partition coefficient (Wildman–Crippen LogP) is 3.18. The molecule has 9 nitrogen and oxygen atoms in total. The monoisotopic (exact) mass is 463 g/mol. The number of carboxylic acids is 1. The number of nitrogens with two attached hydrogens (primary N) is 1. The number of carbonyl (C=O) groups is 2. The average Bonchev–Trinajstić information content (AvgIpc) is 2.74. The molecule has 0 bridgehead atoms. The largest absolute Gasteiger partial charge is 0.478 e. The highest BCUT2D eigenvalue weighted by Crippen LogP contribution is 2.37. The summed E-state index contributed by atoms with van der Waals surface area (Å²) in [7, 11) is -4.51. The fourth-order valence-corrected chi connectivity index (χ4v) is 3.92. The predicted molar refractivity (Wildman–Crippen MR) is 121 cm³/mol. The van der Waals surface area contributed by atoms with Crippen LogP contribution < -0.4 is 20.5 Å². The maximum Gasteiger partial charge on any atom is 0.335 e. The lowest BCUT2D eigenvalue weighted by Crippen LogP contribution is -2.46. The number of carboxylic acid groups (broad SMARTS) is 1. The van der Waals surface area contributed by atoms with Crippen molar-refractivity contribution in [3.8, 4) is 11.5 Å². The summed E-state index contributed by atoms with van der Waals surface area (Å²) < 4.78 is 34.1. The Kier molecular flexibility index (Phi) is 8.62. The summed E-state index contributed by atoms with van der Waals surface area (Å²) in [6.45, 7) is 5.82. The Hall–Kier alpha value is -3.11. The standard InChI is InChI=1S/C22H29N3O6S/c1-4-5-11-24-17-12-15(22(27)28)13-18(20(17)31-16-9-7-6-8-10-16)32(29,30)25-21(26)19(23)14(2)3/h6-10,12-14,19,24H,4-5,11,23H2,1-3H3,(H,25,26)(H,27,28)/t19-/m0/s1. The summed E-state index contributed by atoms with van der Waals surface area (Å²) in [5, 5.41) is 12.6. The van der Waals surface area contributed by atoms with E-state index < -0.39 is 32.8 Å². The number of ether oxygens (including phenoxy) is 1. The number of hydrogen-bond donors (Lipinski definition) is 4. The molecule has 0 aliphatic rings. The van der Waals surface area contributed by atoms with Crippen molar-refractivity contribution in [2.45, 2.75) is 44.6 Å². The fraction of sp³-hybridized carbons (Fsp3) is 0.364. The second-order valence-electron chi connectivity index (χ2n) is 7.59. The van der Waals surface area contributed by atoms with Crippen LogP contribution in [0.3, 0.4) is 0 Å². The third-order valence-corrected chi connectivity index (χ3v) is 6.01. The summed E-state index contributed by atoms with van der Waals surface area (Å²) in [5.41, 5.74) is 5.69. The van der Waals surface area contributed by atoms with Gasteiger partial charge in [-0.25, -0.2) is 17.9 Å². The number of benzene rings is 2. The van der Waals surface area contributed by atoms with Crippen LogP contribution in [0, 0.1) is 5.92 Å². The highest BCUT2D eigenvalue weighted by atomic mass is 32.2. The molecule has 5 N–H and O–H groups in total. The van der Waals surface area contributed by atoms with Crippen LogP contribution in [0.2, 0.25) is 0 Å². The van der Waals surface area contributed by atoms with Crippen molar-refractivity contribution >= 4 is 27.6 Å². The molecular formula is C22H29N3O6S. The lowest BCUT2D eigenvalue weighted by Gasteiger charge is -2.20. The van der Waals surface area contributed by atoms with Crippen LogP contribution in [-0.2, 0) is 14.8 Å². The number of rotatable bonds is 11. The minimum atomic E-state index is -4.51. The molecule has 0 saturated carbocycles. The smallest absolute Gasteiger partial charge is 0.335 e. The van der Waals surface area contributed by atoms with Gasteiger partial charge >= 0.3 is 5.97 Å². The van der Waals surface area contributed by atoms with Crippen molar-refractivity contribution in [3.63, 3.8) is 0 Å². The van der Waals surface area contributed by atoms with E-state index in [4.69, 9.17) is 10.5 Å². The maximum atomic E-state index is 13.1. The Bertz CT molecular complexity index is 1050. The average molecular weight is 464 g/mol. The molecule has 1 atom stereocenters. The molecule has 2 rings (SSSR count). The minimum Gasteiger partial charge on any atom is -0.478 e. The number of unbranched alkanes of at least 4 members (excludes halogenated alkanes) is 1. The van der Waals surface area contributed by atoms with Crippen LogP contribution in [-0.4, -0.2) is 38.0 Å². The van der Waals surface area contributed by atoms with E-state index in [0.29, 0.717) is 12.3 Å². The molecule has 0 fully saturated rings. The van der Waals surface area contributed by atoms with Crippen LogP contribution in [0.4, 0.5) is 5.69 Å². The molecule has 0 aromatic heterocycles. The number of aromatic carboxylic acids is 1. The number of nitrogens with one attached hydrogen (secondary N) is 2. The molecule has 0 spiro atoms. The number of sulfonamides is 1. The van der Waals surface area contributed by atoms with Gasteiger partial charge in [0.2, 0.25) is 0 Å². The van der Waals surface area contributed by atoms with Crippen molar-refractivity contribution in [2.75, 3.05) is 11.9 Å². The molecule has 2 aromatic rings. The molecule has 0 aliphatic heterocycles. The fourth-order valence-electron chi connectivity index (χ4n) is 2.73. The Balaban J connectivity index is 2.63. The lowest BCUT2D eigenvalue weighted by atomic mass is 10.1. The summed E-state index contributed by atoms with van der Waals surface area (Å²) in [6.07, 6.45) is 1.64. The van der Waals surface area contributed by atoms with Crippen LogP contribution in [0.15, 0.2) is 47.4 Å². The first kappa shape index (κ1) is 25.2. The van der Waals surface area contributed by atoms with E-state index in [1.54, 1.807) is 44.2 Å². The second-order valence-corrected chi connectivity index (χ2v) is 9.24. The van der Waals surface area contributed by atoms with Gasteiger partial charge < -0.3 is 20.9 Å². The van der Waals surface area contributed by atoms with Crippen LogP contribution >= 0.6 is 0 Å². The molecule has 174 valence electrons. The van der Waals surface area contributed by atoms with E-state index in [2.05, 4.69) is 5.32 Å². The van der Waals surface area contributed by atoms with Gasteiger partial charge in [0, 0.05) is 6.54 Å². The van der Waals surface area contributed by atoms with Crippen molar-refractivity contribution in [1.29, 1.82) is 0 Å². The van der Waals surface area contributed by atoms with E-state index in [-0.39, 0.29) is 22.9 Å². The van der Waals surface area contributed by atoms with Gasteiger partial charge in [0.1, 0.15) is 10.6 Å². The van der Waals surface area contributed by atoms with Crippen molar-refractivity contribution in [3.05, 3.63) is 48.0 Å². The molecule has 0 unspecified atom stereocenters. The third-order valence-electron chi connectivity index (χ3n) is 4.66. The second kappa shape index (κ2) is 11.0. The van der Waals surface area contributed by atoms with Gasteiger partial charge in [0.05, 0.1) is 17.3 Å². The van der Waals surface area contributed by atoms with E-state index in [9.17, 15) is 23.1 Å². The zero-order valence-corrected chi connectivity index (χ0v) is 19.1. The van der Waals surface area contributed by atoms with E-state index in [0.717, 1.165) is 18.9 Å². The molecule has 0 radical (unpaired) electrons. The van der Waals surface area contributed by atoms with E-state index in [1.165, 1.54) is 6.07 Å². The Morgan fingerprint density at radius 2 is 1.81 bits per heavy atom. The van der Waals surface area contributed by atoms with Gasteiger partial charge in [-0.15, -0.1) is 0 Å². The summed E-state index contributed by atoms with van der Waals surface area (Å²) in [5.74, 6) is -2.29. The molecule has 0 heterocycles. The molecular weight excluding hydrogens is 434 g/mol. The third kappa shape index (κ3) is 6.44. The number of hydrogen-bond acceptors (Lipinski definition) is 7. The van der Waals surface area contributed by atoms with Crippen LogP contribution in [0.1, 0.15) is 44.0 Å². The molecule has 32 heavy (non-hydrogen) atoms. The van der Waals surface area contributed by atoms with E-state index in [1.807, 2.05) is 11.6 Å². The first-order valence-electron chi connectivity index (χ1n) is 10.3. The molecule has 2 aromatic carbocycles. The Labute approximate surface area is 188 Å². The number of amides is 1. The van der Waals surface area contributed by atoms with Crippen molar-refractivity contribution in [1.82, 2.24) is 4.72 Å². The van der Waals surface area contributed by atoms with Crippen molar-refractivity contribution in [2.24, 2.45) is 11.7 Å². The maximum absolute atomic E-state index is 13.1. The first-order valence-corrected chi connectivity index (χ1v) is 11.8. The van der Waals surface area contributed by atoms with Crippen LogP contribution in [0.5, 0.6) is 11.5 Å². The van der Waals surface area contributed by atoms with Gasteiger partial charge in [-0.2, -0.15) is 0 Å². The van der Waals surface area contributed by atoms with Gasteiger partial charge in [-0.05, 0) is 36.6 Å². The lowest BCUT2D eigenvalue weighted by molar-refractivity contribution is -0.121. The van der Waals surface area contributed by atoms with Gasteiger partial charge in [-0.1, -0.05) is 45.4 Å². The number of para-hydroxylation sites is 1. The zero-order valence-electron chi connectivity index (χ0n) is 18.3. The number of carbonyl (C=O) groups excluding carboxylic acids is 1. The van der Waals surface area contributed by atoms with Gasteiger partial charge in [0.25, 0.3) is 15.9 Å². The highest BCUT2D eigenvalue weighted by Gasteiger charge is 2.30. The quantitative estimate of drug-likeness (QED) is 0.371. The van der Waals surface area contributed by atoms with Gasteiger partial charge in [0.15, 0.2) is 5.75 Å². The molecule has 0 aliphatic carbocycles. The normalized spacial score (nSPS) is 12.3. The molecule has 10 heteroatoms. The Morgan fingerprint density at radius 1 is 1.16 bits per heavy atom. The van der Waals surface area contributed by atoms with Crippen molar-refractivity contribution < 1.29 is 27.9 Å². The van der Waals surface area contributed by atoms with Crippen LogP contribution in [0.25, 0.3) is 0 Å². The summed E-state index contributed by atoms with van der Waals surface area (Å²) in [4.78, 5) is 23.6. The summed E-state index contributed by atoms with van der Waals surface area (Å²) >= 11 is 0. The molecule has 0 saturated heterocycles. The highest BCUT2D eigenvalue weighted by molar-refractivity contribution is 7.90. The van der Waals surface area contributed by atoms with Gasteiger partial charge in [-0.3, -0.25) is 4.79 Å².